The van der Waals surface area contributed by atoms with Gasteiger partial charge in [0, 0.05) is 23.4 Å². The predicted molar refractivity (Wildman–Crippen MR) is 104 cm³/mol. The van der Waals surface area contributed by atoms with Crippen molar-refractivity contribution in [2.45, 2.75) is 39.3 Å². The Labute approximate surface area is 155 Å². The van der Waals surface area contributed by atoms with Gasteiger partial charge in [0.1, 0.15) is 5.82 Å². The van der Waals surface area contributed by atoms with E-state index in [4.69, 9.17) is 0 Å². The Hall–Kier alpha value is -2.47. The highest BCUT2D eigenvalue weighted by atomic mass is 32.1. The van der Waals surface area contributed by atoms with Gasteiger partial charge in [0.05, 0.1) is 16.9 Å². The zero-order valence-electron chi connectivity index (χ0n) is 14.9. The number of thiophene rings is 1. The van der Waals surface area contributed by atoms with E-state index in [-0.39, 0.29) is 23.4 Å². The van der Waals surface area contributed by atoms with Gasteiger partial charge in [0.2, 0.25) is 0 Å². The van der Waals surface area contributed by atoms with Crippen LogP contribution in [0.4, 0.5) is 0 Å². The summed E-state index contributed by atoms with van der Waals surface area (Å²) >= 11 is 1.64. The van der Waals surface area contributed by atoms with Crippen LogP contribution in [0.5, 0.6) is 0 Å². The van der Waals surface area contributed by atoms with E-state index in [1.54, 1.807) is 34.1 Å². The van der Waals surface area contributed by atoms with Crippen LogP contribution in [-0.2, 0) is 13.0 Å². The van der Waals surface area contributed by atoms with E-state index in [2.05, 4.69) is 24.1 Å². The molecule has 1 aromatic carbocycles. The number of nitrogens with zero attached hydrogens (tertiary/aromatic N) is 2. The summed E-state index contributed by atoms with van der Waals surface area (Å²) in [6.07, 6.45) is 1.76. The molecular formula is C20H21N3O2S. The third-order valence-corrected chi connectivity index (χ3v) is 5.84. The molecule has 0 aliphatic carbocycles. The maximum Gasteiger partial charge on any atom is 0.261 e. The lowest BCUT2D eigenvalue weighted by atomic mass is 10.0. The Kier molecular flexibility index (Phi) is 4.36. The minimum atomic E-state index is -0.138. The number of fused-ring (bicyclic) bond motifs is 2. The number of aryl methyl sites for hydroxylation is 1. The fourth-order valence-electron chi connectivity index (χ4n) is 3.48. The number of rotatable bonds is 4. The van der Waals surface area contributed by atoms with E-state index in [1.807, 2.05) is 17.5 Å². The number of hydrogen-bond acceptors (Lipinski definition) is 4. The van der Waals surface area contributed by atoms with Gasteiger partial charge < -0.3 is 5.32 Å². The van der Waals surface area contributed by atoms with Gasteiger partial charge in [0.15, 0.2) is 0 Å². The molecule has 1 N–H and O–H groups in total. The molecule has 0 bridgehead atoms. The van der Waals surface area contributed by atoms with Gasteiger partial charge >= 0.3 is 0 Å². The average Bonchev–Trinajstić information content (AvgIpc) is 3.30. The quantitative estimate of drug-likeness (QED) is 0.767. The van der Waals surface area contributed by atoms with Crippen LogP contribution in [0.2, 0.25) is 0 Å². The zero-order chi connectivity index (χ0) is 18.3. The summed E-state index contributed by atoms with van der Waals surface area (Å²) in [6.45, 7) is 4.92. The molecule has 1 atom stereocenters. The monoisotopic (exact) mass is 367 g/mol. The van der Waals surface area contributed by atoms with E-state index in [9.17, 15) is 9.59 Å². The standard InChI is InChI=1S/C20H21N3O2S/c1-12(2)18(16-5-4-10-26-16)22-19(24)13-7-8-14-15(11-13)21-17-6-3-9-23(17)20(14)25/h4-5,7-8,10-12,18H,3,6,9H2,1-2H3,(H,22,24)/t18-/m1/s1. The van der Waals surface area contributed by atoms with Gasteiger partial charge in [-0.2, -0.15) is 0 Å². The number of aromatic nitrogens is 2. The van der Waals surface area contributed by atoms with Gasteiger partial charge in [-0.05, 0) is 42.0 Å². The van der Waals surface area contributed by atoms with E-state index in [1.165, 1.54) is 0 Å². The minimum Gasteiger partial charge on any atom is -0.344 e. The highest BCUT2D eigenvalue weighted by Gasteiger charge is 2.21. The fraction of sp³-hybridized carbons (Fsp3) is 0.350. The van der Waals surface area contributed by atoms with Crippen LogP contribution in [-0.4, -0.2) is 15.5 Å². The van der Waals surface area contributed by atoms with Gasteiger partial charge in [-0.3, -0.25) is 14.2 Å². The molecule has 3 aromatic rings. The second-order valence-corrected chi connectivity index (χ2v) is 8.01. The lowest BCUT2D eigenvalue weighted by Gasteiger charge is -2.21. The second-order valence-electron chi connectivity index (χ2n) is 7.03. The highest BCUT2D eigenvalue weighted by Crippen LogP contribution is 2.26. The first-order valence-corrected chi connectivity index (χ1v) is 9.80. The molecule has 0 spiro atoms. The SMILES string of the molecule is CC(C)[C@@H](NC(=O)c1ccc2c(=O)n3c(nc2c1)CCC3)c1cccs1. The van der Waals surface area contributed by atoms with Crippen molar-refractivity contribution in [1.29, 1.82) is 0 Å². The molecule has 6 heteroatoms. The molecular weight excluding hydrogens is 346 g/mol. The summed E-state index contributed by atoms with van der Waals surface area (Å²) in [7, 11) is 0. The molecule has 0 saturated heterocycles. The Morgan fingerprint density at radius 3 is 2.88 bits per heavy atom. The van der Waals surface area contributed by atoms with Crippen molar-refractivity contribution in [3.8, 4) is 0 Å². The first-order valence-electron chi connectivity index (χ1n) is 8.92. The molecule has 0 saturated carbocycles. The predicted octanol–water partition coefficient (Wildman–Crippen LogP) is 3.53. The fourth-order valence-corrected chi connectivity index (χ4v) is 4.43. The third-order valence-electron chi connectivity index (χ3n) is 4.88. The summed E-state index contributed by atoms with van der Waals surface area (Å²) in [5.74, 6) is 0.962. The smallest absolute Gasteiger partial charge is 0.261 e. The van der Waals surface area contributed by atoms with Gasteiger partial charge in [-0.25, -0.2) is 4.98 Å². The van der Waals surface area contributed by atoms with E-state index in [0.29, 0.717) is 16.5 Å². The molecule has 0 unspecified atom stereocenters. The van der Waals surface area contributed by atoms with Crippen LogP contribution in [0, 0.1) is 5.92 Å². The molecule has 0 fully saturated rings. The zero-order valence-corrected chi connectivity index (χ0v) is 15.7. The Morgan fingerprint density at radius 2 is 2.15 bits per heavy atom. The van der Waals surface area contributed by atoms with E-state index < -0.39 is 0 Å². The molecule has 1 aliphatic rings. The summed E-state index contributed by atoms with van der Waals surface area (Å²) in [5.41, 5.74) is 1.13. The van der Waals surface area contributed by atoms with Crippen LogP contribution in [0.15, 0.2) is 40.5 Å². The highest BCUT2D eigenvalue weighted by molar-refractivity contribution is 7.10. The number of benzene rings is 1. The Morgan fingerprint density at radius 1 is 1.31 bits per heavy atom. The van der Waals surface area contributed by atoms with Gasteiger partial charge in [-0.1, -0.05) is 19.9 Å². The third kappa shape index (κ3) is 2.94. The number of carbonyl (C=O) groups is 1. The lowest BCUT2D eigenvalue weighted by Crippen LogP contribution is -2.31. The van der Waals surface area contributed by atoms with Crippen LogP contribution in [0.25, 0.3) is 10.9 Å². The molecule has 1 amide bonds. The second kappa shape index (κ2) is 6.68. The maximum atomic E-state index is 12.8. The minimum absolute atomic E-state index is 0.00639. The Bertz CT molecular complexity index is 1020. The van der Waals surface area contributed by atoms with Crippen molar-refractivity contribution in [3.63, 3.8) is 0 Å². The van der Waals surface area contributed by atoms with Crippen molar-refractivity contribution in [2.75, 3.05) is 0 Å². The van der Waals surface area contributed by atoms with Crippen molar-refractivity contribution in [1.82, 2.24) is 14.9 Å². The summed E-state index contributed by atoms with van der Waals surface area (Å²) in [5, 5.41) is 5.72. The van der Waals surface area contributed by atoms with Gasteiger partial charge in [-0.15, -0.1) is 11.3 Å². The molecule has 0 radical (unpaired) electrons. The van der Waals surface area contributed by atoms with Crippen molar-refractivity contribution in [3.05, 3.63) is 62.3 Å². The summed E-state index contributed by atoms with van der Waals surface area (Å²) in [4.78, 5) is 31.1. The number of amides is 1. The number of carbonyl (C=O) groups excluding carboxylic acids is 1. The van der Waals surface area contributed by atoms with Crippen LogP contribution in [0.1, 0.15) is 47.4 Å². The summed E-state index contributed by atoms with van der Waals surface area (Å²) < 4.78 is 1.74. The largest absolute Gasteiger partial charge is 0.344 e. The van der Waals surface area contributed by atoms with Crippen molar-refractivity contribution >= 4 is 28.1 Å². The first kappa shape index (κ1) is 17.0. The number of nitrogens with one attached hydrogen (secondary N) is 1. The van der Waals surface area contributed by atoms with Crippen LogP contribution in [0.3, 0.4) is 0 Å². The topological polar surface area (TPSA) is 64.0 Å². The van der Waals surface area contributed by atoms with Crippen molar-refractivity contribution < 1.29 is 4.79 Å². The molecule has 5 nitrogen and oxygen atoms in total. The van der Waals surface area contributed by atoms with Gasteiger partial charge in [0.25, 0.3) is 11.5 Å². The molecule has 2 aromatic heterocycles. The maximum absolute atomic E-state index is 12.8. The molecule has 134 valence electrons. The van der Waals surface area contributed by atoms with Crippen LogP contribution < -0.4 is 10.9 Å². The average molecular weight is 367 g/mol. The van der Waals surface area contributed by atoms with Crippen molar-refractivity contribution in [2.24, 2.45) is 5.92 Å². The van der Waals surface area contributed by atoms with E-state index in [0.717, 1.165) is 30.1 Å². The summed E-state index contributed by atoms with van der Waals surface area (Å²) in [6, 6.07) is 9.18. The Balaban J connectivity index is 1.67. The number of hydrogen-bond donors (Lipinski definition) is 1. The normalized spacial score (nSPS) is 14.6. The molecule has 1 aliphatic heterocycles. The molecule has 4 rings (SSSR count). The van der Waals surface area contributed by atoms with E-state index >= 15 is 0 Å². The van der Waals surface area contributed by atoms with Crippen LogP contribution >= 0.6 is 11.3 Å². The molecule has 26 heavy (non-hydrogen) atoms. The first-order chi connectivity index (χ1) is 12.5. The molecule has 3 heterocycles. The lowest BCUT2D eigenvalue weighted by molar-refractivity contribution is 0.0926.